The predicted octanol–water partition coefficient (Wildman–Crippen LogP) is 2.33. The first-order valence-corrected chi connectivity index (χ1v) is 12.2. The molecule has 1 saturated heterocycles. The number of hydrogen-bond acceptors (Lipinski definition) is 7. The van der Waals surface area contributed by atoms with Gasteiger partial charge in [0.05, 0.1) is 7.11 Å². The second-order valence-corrected chi connectivity index (χ2v) is 9.36. The third kappa shape index (κ3) is 5.00. The molecule has 3 aliphatic rings. The van der Waals surface area contributed by atoms with Crippen molar-refractivity contribution >= 4 is 17.7 Å². The molecule has 2 aromatic rings. The number of rotatable bonds is 7. The zero-order chi connectivity index (χ0) is 24.4. The van der Waals surface area contributed by atoms with Crippen molar-refractivity contribution in [2.24, 2.45) is 0 Å². The molecule has 0 spiro atoms. The Labute approximate surface area is 204 Å². The first-order valence-electron chi connectivity index (χ1n) is 12.2. The predicted molar refractivity (Wildman–Crippen MR) is 127 cm³/mol. The Morgan fingerprint density at radius 1 is 1.11 bits per heavy atom. The minimum Gasteiger partial charge on any atom is -0.489 e. The molecule has 1 saturated carbocycles. The molecule has 1 aromatic heterocycles. The van der Waals surface area contributed by atoms with E-state index in [1.165, 1.54) is 0 Å². The number of nitrogens with zero attached hydrogens (tertiary/aromatic N) is 2. The van der Waals surface area contributed by atoms with Crippen molar-refractivity contribution in [1.29, 1.82) is 0 Å². The molecule has 3 unspecified atom stereocenters. The van der Waals surface area contributed by atoms with Crippen molar-refractivity contribution < 1.29 is 23.9 Å². The van der Waals surface area contributed by atoms with Crippen molar-refractivity contribution in [3.8, 4) is 11.6 Å². The van der Waals surface area contributed by atoms with Crippen molar-refractivity contribution in [2.75, 3.05) is 7.11 Å². The third-order valence-electron chi connectivity index (χ3n) is 7.06. The fourth-order valence-corrected chi connectivity index (χ4v) is 5.16. The van der Waals surface area contributed by atoms with Gasteiger partial charge in [0.25, 0.3) is 5.91 Å². The van der Waals surface area contributed by atoms with Gasteiger partial charge in [-0.25, -0.2) is 4.98 Å². The van der Waals surface area contributed by atoms with E-state index in [4.69, 9.17) is 9.47 Å². The average molecular weight is 479 g/mol. The Morgan fingerprint density at radius 2 is 1.97 bits per heavy atom. The summed E-state index contributed by atoms with van der Waals surface area (Å²) in [4.78, 5) is 42.5. The van der Waals surface area contributed by atoms with Crippen LogP contribution in [0.3, 0.4) is 0 Å². The molecule has 9 nitrogen and oxygen atoms in total. The molecule has 1 aliphatic carbocycles. The molecule has 9 heteroatoms. The van der Waals surface area contributed by atoms with E-state index in [0.29, 0.717) is 31.0 Å². The van der Waals surface area contributed by atoms with Crippen molar-refractivity contribution in [3.63, 3.8) is 0 Å². The molecule has 5 rings (SSSR count). The maximum atomic E-state index is 12.9. The van der Waals surface area contributed by atoms with Gasteiger partial charge in [0.15, 0.2) is 0 Å². The Hall–Kier alpha value is -3.46. The average Bonchev–Trinajstić information content (AvgIpc) is 3.19. The van der Waals surface area contributed by atoms with Crippen molar-refractivity contribution in [3.05, 3.63) is 53.2 Å². The summed E-state index contributed by atoms with van der Waals surface area (Å²) in [6.45, 7) is 1.04. The molecule has 184 valence electrons. The summed E-state index contributed by atoms with van der Waals surface area (Å²) < 4.78 is 11.5. The fraction of sp³-hybridized carbons (Fsp3) is 0.462. The monoisotopic (exact) mass is 478 g/mol. The largest absolute Gasteiger partial charge is 0.489 e. The number of methoxy groups -OCH3 is 1. The van der Waals surface area contributed by atoms with Crippen LogP contribution >= 0.6 is 0 Å². The van der Waals surface area contributed by atoms with Gasteiger partial charge in [0.1, 0.15) is 17.9 Å². The van der Waals surface area contributed by atoms with E-state index >= 15 is 0 Å². The summed E-state index contributed by atoms with van der Waals surface area (Å²) in [6.07, 6.45) is 6.68. The van der Waals surface area contributed by atoms with Crippen LogP contribution in [-0.2, 0) is 22.7 Å². The smallest absolute Gasteiger partial charge is 0.255 e. The molecule has 3 atom stereocenters. The van der Waals surface area contributed by atoms with Gasteiger partial charge in [-0.15, -0.1) is 0 Å². The van der Waals surface area contributed by atoms with Crippen LogP contribution in [0.2, 0.25) is 0 Å². The third-order valence-corrected chi connectivity index (χ3v) is 7.06. The number of imide groups is 1. The first-order chi connectivity index (χ1) is 17.0. The molecule has 0 bridgehead atoms. The lowest BCUT2D eigenvalue weighted by Gasteiger charge is -2.32. The van der Waals surface area contributed by atoms with Crippen LogP contribution in [-0.4, -0.2) is 52.9 Å². The number of amides is 3. The highest BCUT2D eigenvalue weighted by Crippen LogP contribution is 2.32. The molecule has 2 aliphatic heterocycles. The number of carbonyl (C=O) groups is 3. The van der Waals surface area contributed by atoms with Gasteiger partial charge in [-0.2, -0.15) is 0 Å². The van der Waals surface area contributed by atoms with Crippen LogP contribution in [0.25, 0.3) is 0 Å². The first kappa shape index (κ1) is 23.3. The van der Waals surface area contributed by atoms with E-state index in [0.717, 1.165) is 42.6 Å². The molecule has 1 aromatic carbocycles. The molecular weight excluding hydrogens is 448 g/mol. The molecule has 3 heterocycles. The highest BCUT2D eigenvalue weighted by Gasteiger charge is 2.39. The van der Waals surface area contributed by atoms with Crippen molar-refractivity contribution in [1.82, 2.24) is 20.5 Å². The van der Waals surface area contributed by atoms with Gasteiger partial charge in [0, 0.05) is 43.4 Å². The summed E-state index contributed by atoms with van der Waals surface area (Å²) in [6, 6.07) is 8.99. The molecule has 3 amide bonds. The molecule has 2 N–H and O–H groups in total. The summed E-state index contributed by atoms with van der Waals surface area (Å²) in [5.74, 6) is 0.462. The maximum Gasteiger partial charge on any atom is 0.255 e. The summed E-state index contributed by atoms with van der Waals surface area (Å²) in [7, 11) is 1.60. The number of pyridine rings is 1. The second-order valence-electron chi connectivity index (χ2n) is 9.36. The van der Waals surface area contributed by atoms with E-state index in [9.17, 15) is 14.4 Å². The van der Waals surface area contributed by atoms with E-state index in [1.54, 1.807) is 18.1 Å². The number of piperidine rings is 1. The lowest BCUT2D eigenvalue weighted by molar-refractivity contribution is -0.136. The number of nitrogens with one attached hydrogen (secondary N) is 2. The lowest BCUT2D eigenvalue weighted by Crippen LogP contribution is -2.52. The molecule has 2 fully saturated rings. The van der Waals surface area contributed by atoms with Crippen LogP contribution in [0.4, 0.5) is 0 Å². The normalized spacial score (nSPS) is 24.2. The maximum absolute atomic E-state index is 12.9. The van der Waals surface area contributed by atoms with Gasteiger partial charge in [0.2, 0.25) is 17.7 Å². The number of benzene rings is 1. The minimum atomic E-state index is -0.615. The van der Waals surface area contributed by atoms with Crippen LogP contribution in [0.5, 0.6) is 11.6 Å². The second kappa shape index (κ2) is 10.0. The van der Waals surface area contributed by atoms with Crippen LogP contribution in [0.15, 0.2) is 36.5 Å². The number of carbonyl (C=O) groups excluding carboxylic acids is 3. The quantitative estimate of drug-likeness (QED) is 0.588. The van der Waals surface area contributed by atoms with E-state index < -0.39 is 11.9 Å². The zero-order valence-electron chi connectivity index (χ0n) is 19.8. The minimum absolute atomic E-state index is 0.0244. The Morgan fingerprint density at radius 3 is 2.74 bits per heavy atom. The van der Waals surface area contributed by atoms with E-state index in [-0.39, 0.29) is 30.4 Å². The van der Waals surface area contributed by atoms with Crippen LogP contribution in [0.1, 0.15) is 60.0 Å². The van der Waals surface area contributed by atoms with E-state index in [1.807, 2.05) is 30.5 Å². The van der Waals surface area contributed by atoms with E-state index in [2.05, 4.69) is 15.6 Å². The SMILES string of the molecule is COc1ccc(CNC2CCCCC2Oc2ccc3c(c2)CN(C2CCC(=O)NC2=O)C3=O)cn1. The standard InChI is InChI=1S/C26H30N4O5/c1-34-24-11-6-16(14-28-24)13-27-20-4-2-3-5-22(20)35-18-7-8-19-17(12-18)15-30(26(19)33)21-9-10-23(31)29-25(21)32/h6-8,11-12,14,20-22,27H,2-5,9-10,13,15H2,1H3,(H,29,31,32). The molecular formula is C26H30N4O5. The lowest BCUT2D eigenvalue weighted by atomic mass is 9.92. The Kier molecular flexibility index (Phi) is 6.68. The van der Waals surface area contributed by atoms with Gasteiger partial charge >= 0.3 is 0 Å². The zero-order valence-corrected chi connectivity index (χ0v) is 19.8. The Bertz CT molecular complexity index is 1120. The molecule has 35 heavy (non-hydrogen) atoms. The summed E-state index contributed by atoms with van der Waals surface area (Å²) in [5, 5.41) is 5.96. The highest BCUT2D eigenvalue weighted by atomic mass is 16.5. The van der Waals surface area contributed by atoms with Gasteiger partial charge < -0.3 is 19.7 Å². The summed E-state index contributed by atoms with van der Waals surface area (Å²) >= 11 is 0. The number of ether oxygens (including phenoxy) is 2. The van der Waals surface area contributed by atoms with Crippen molar-refractivity contribution in [2.45, 2.75) is 69.8 Å². The number of aromatic nitrogens is 1. The fourth-order valence-electron chi connectivity index (χ4n) is 5.16. The Balaban J connectivity index is 1.23. The van der Waals surface area contributed by atoms with Gasteiger partial charge in [-0.05, 0) is 55.0 Å². The number of hydrogen-bond donors (Lipinski definition) is 2. The van der Waals surface area contributed by atoms with Gasteiger partial charge in [-0.1, -0.05) is 12.5 Å². The molecule has 0 radical (unpaired) electrons. The topological polar surface area (TPSA) is 110 Å². The van der Waals surface area contributed by atoms with Crippen LogP contribution < -0.4 is 20.1 Å². The number of fused-ring (bicyclic) bond motifs is 1. The summed E-state index contributed by atoms with van der Waals surface area (Å²) in [5.41, 5.74) is 2.52. The highest BCUT2D eigenvalue weighted by molar-refractivity contribution is 6.05. The van der Waals surface area contributed by atoms with Crippen LogP contribution in [0, 0.1) is 0 Å². The van der Waals surface area contributed by atoms with Gasteiger partial charge in [-0.3, -0.25) is 19.7 Å².